The molecule has 4 atom stereocenters. The van der Waals surface area contributed by atoms with Crippen molar-refractivity contribution in [2.75, 3.05) is 11.5 Å². The van der Waals surface area contributed by atoms with Gasteiger partial charge in [0.15, 0.2) is 0 Å². The molecule has 1 heterocycles. The zero-order chi connectivity index (χ0) is 31.1. The zero-order valence-corrected chi connectivity index (χ0v) is 28.3. The van der Waals surface area contributed by atoms with Gasteiger partial charge in [0.05, 0.1) is 5.92 Å². The highest BCUT2D eigenvalue weighted by atomic mass is 32.2. The first-order valence-corrected chi connectivity index (χ1v) is 17.8. The number of allylic oxidation sites excluding steroid dienone is 3. The summed E-state index contributed by atoms with van der Waals surface area (Å²) in [5, 5.41) is 0. The maximum atomic E-state index is 12.9. The van der Waals surface area contributed by atoms with Gasteiger partial charge in [0, 0.05) is 12.8 Å². The summed E-state index contributed by atoms with van der Waals surface area (Å²) in [5.41, 5.74) is 8.34. The Morgan fingerprint density at radius 1 is 0.977 bits per heavy atom. The number of benzene rings is 2. The fourth-order valence-corrected chi connectivity index (χ4v) is 8.40. The standard InChI is InChI=1S/C38H53NO2S2/c1-4-15-31(22-26-42)38(3,32-18-9-6-10-19-32)25-14-12-21-33(40)20-11-13-24-37(2,28-30-16-7-5-8-17-30)29-35-34(36(39)41)23-27-43-35/h4-10,15-19,29,31,34,42H,11-14,20-28H2,1-3H3,(H2,39,41)/b15-4-,35-29+. The number of nitrogens with two attached hydrogens (primary N) is 1. The van der Waals surface area contributed by atoms with Crippen molar-refractivity contribution in [2.45, 2.75) is 96.8 Å². The van der Waals surface area contributed by atoms with E-state index in [-0.39, 0.29) is 22.7 Å². The number of hydrogen-bond acceptors (Lipinski definition) is 4. The van der Waals surface area contributed by atoms with Crippen molar-refractivity contribution in [1.82, 2.24) is 0 Å². The first-order valence-electron chi connectivity index (χ1n) is 16.2. The topological polar surface area (TPSA) is 60.2 Å². The Balaban J connectivity index is 1.52. The summed E-state index contributed by atoms with van der Waals surface area (Å²) in [6, 6.07) is 21.4. The lowest BCUT2D eigenvalue weighted by Gasteiger charge is -2.37. The number of thiol groups is 1. The van der Waals surface area contributed by atoms with Crippen molar-refractivity contribution in [3.05, 3.63) is 94.9 Å². The summed E-state index contributed by atoms with van der Waals surface area (Å²) < 4.78 is 0. The third kappa shape index (κ3) is 11.0. The van der Waals surface area contributed by atoms with Crippen molar-refractivity contribution >= 4 is 36.1 Å². The van der Waals surface area contributed by atoms with Crippen molar-refractivity contribution < 1.29 is 9.59 Å². The quantitative estimate of drug-likeness (QED) is 0.0935. The third-order valence-corrected chi connectivity index (χ3v) is 10.7. The second kappa shape index (κ2) is 17.9. The van der Waals surface area contributed by atoms with E-state index in [4.69, 9.17) is 5.73 Å². The molecule has 234 valence electrons. The van der Waals surface area contributed by atoms with E-state index in [1.807, 2.05) is 6.07 Å². The molecular formula is C38H53NO2S2. The Morgan fingerprint density at radius 3 is 2.21 bits per heavy atom. The number of primary amides is 1. The smallest absolute Gasteiger partial charge is 0.225 e. The molecule has 1 aliphatic heterocycles. The Morgan fingerprint density at radius 2 is 1.60 bits per heavy atom. The van der Waals surface area contributed by atoms with Gasteiger partial charge in [0.25, 0.3) is 0 Å². The van der Waals surface area contributed by atoms with Gasteiger partial charge in [-0.2, -0.15) is 12.6 Å². The molecular weight excluding hydrogens is 567 g/mol. The normalized spacial score (nSPS) is 19.7. The van der Waals surface area contributed by atoms with Crippen LogP contribution in [-0.4, -0.2) is 23.2 Å². The molecule has 0 spiro atoms. The van der Waals surface area contributed by atoms with Gasteiger partial charge in [-0.1, -0.05) is 106 Å². The number of carbonyl (C=O) groups excluding carboxylic acids is 2. The Labute approximate surface area is 271 Å². The van der Waals surface area contributed by atoms with E-state index in [1.165, 1.54) is 11.1 Å². The van der Waals surface area contributed by atoms with Crippen LogP contribution in [0.25, 0.3) is 0 Å². The van der Waals surface area contributed by atoms with Crippen LogP contribution in [0.2, 0.25) is 0 Å². The number of carbonyl (C=O) groups is 2. The maximum absolute atomic E-state index is 12.9. The van der Waals surface area contributed by atoms with Gasteiger partial charge < -0.3 is 5.73 Å². The minimum absolute atomic E-state index is 0.0302. The molecule has 5 heteroatoms. The monoisotopic (exact) mass is 619 g/mol. The van der Waals surface area contributed by atoms with Crippen LogP contribution in [0.4, 0.5) is 0 Å². The SMILES string of the molecule is C/C=C\C(CCS)C(C)(CCCCC(=O)CCCCC(C)(/C=C1/SCCC1C(N)=O)Cc1ccccc1)c1ccccc1. The summed E-state index contributed by atoms with van der Waals surface area (Å²) in [4.78, 5) is 26.1. The fraction of sp³-hybridized carbons (Fsp3) is 0.526. The molecule has 0 saturated carbocycles. The molecule has 0 radical (unpaired) electrons. The third-order valence-electron chi connectivity index (χ3n) is 9.28. The van der Waals surface area contributed by atoms with Crippen LogP contribution in [0.5, 0.6) is 0 Å². The molecule has 0 aliphatic carbocycles. The van der Waals surface area contributed by atoms with E-state index in [0.717, 1.165) is 74.2 Å². The number of amides is 1. The van der Waals surface area contributed by atoms with Crippen molar-refractivity contribution in [2.24, 2.45) is 23.0 Å². The molecule has 2 aromatic rings. The molecule has 3 rings (SSSR count). The summed E-state index contributed by atoms with van der Waals surface area (Å²) in [5.74, 6) is 2.25. The highest BCUT2D eigenvalue weighted by Gasteiger charge is 2.34. The highest BCUT2D eigenvalue weighted by Crippen LogP contribution is 2.42. The first kappa shape index (κ1) is 35.2. The summed E-state index contributed by atoms with van der Waals surface area (Å²) in [6.45, 7) is 6.78. The predicted octanol–water partition coefficient (Wildman–Crippen LogP) is 9.52. The molecule has 1 fully saturated rings. The van der Waals surface area contributed by atoms with Crippen LogP contribution in [0.1, 0.15) is 96.1 Å². The number of rotatable bonds is 19. The van der Waals surface area contributed by atoms with Crippen LogP contribution in [0, 0.1) is 17.3 Å². The molecule has 0 bridgehead atoms. The Kier molecular flexibility index (Phi) is 14.7. The van der Waals surface area contributed by atoms with E-state index in [0.29, 0.717) is 24.5 Å². The maximum Gasteiger partial charge on any atom is 0.225 e. The fourth-order valence-electron chi connectivity index (χ4n) is 6.73. The molecule has 3 nitrogen and oxygen atoms in total. The average molecular weight is 620 g/mol. The average Bonchev–Trinajstić information content (AvgIpc) is 3.46. The number of hydrogen-bond donors (Lipinski definition) is 2. The molecule has 0 aromatic heterocycles. The van der Waals surface area contributed by atoms with Crippen LogP contribution in [-0.2, 0) is 21.4 Å². The molecule has 1 amide bonds. The van der Waals surface area contributed by atoms with Crippen LogP contribution >= 0.6 is 24.4 Å². The molecule has 43 heavy (non-hydrogen) atoms. The van der Waals surface area contributed by atoms with Crippen LogP contribution < -0.4 is 5.73 Å². The zero-order valence-electron chi connectivity index (χ0n) is 26.6. The Bertz CT molecular complexity index is 1190. The van der Waals surface area contributed by atoms with Crippen LogP contribution in [0.15, 0.2) is 83.8 Å². The van der Waals surface area contributed by atoms with Crippen molar-refractivity contribution in [3.8, 4) is 0 Å². The first-order chi connectivity index (χ1) is 20.7. The minimum Gasteiger partial charge on any atom is -0.369 e. The summed E-state index contributed by atoms with van der Waals surface area (Å²) in [6.07, 6.45) is 16.9. The highest BCUT2D eigenvalue weighted by molar-refractivity contribution is 8.03. The van der Waals surface area contributed by atoms with E-state index >= 15 is 0 Å². The van der Waals surface area contributed by atoms with Gasteiger partial charge in [0.2, 0.25) is 5.91 Å². The van der Waals surface area contributed by atoms with Crippen molar-refractivity contribution in [1.29, 1.82) is 0 Å². The van der Waals surface area contributed by atoms with E-state index in [9.17, 15) is 9.59 Å². The van der Waals surface area contributed by atoms with Gasteiger partial charge in [-0.15, -0.1) is 11.8 Å². The second-order valence-electron chi connectivity index (χ2n) is 12.8. The van der Waals surface area contributed by atoms with E-state index < -0.39 is 0 Å². The van der Waals surface area contributed by atoms with E-state index in [1.54, 1.807) is 11.8 Å². The largest absolute Gasteiger partial charge is 0.369 e. The molecule has 1 aliphatic rings. The number of Topliss-reactive ketones (excluding diaryl/α,β-unsaturated/α-hetero) is 1. The second-order valence-corrected chi connectivity index (χ2v) is 14.5. The van der Waals surface area contributed by atoms with Gasteiger partial charge in [-0.25, -0.2) is 0 Å². The number of ketones is 1. The van der Waals surface area contributed by atoms with Gasteiger partial charge in [-0.3, -0.25) is 9.59 Å². The van der Waals surface area contributed by atoms with Crippen molar-refractivity contribution in [3.63, 3.8) is 0 Å². The summed E-state index contributed by atoms with van der Waals surface area (Å²) in [7, 11) is 0. The molecule has 2 N–H and O–H groups in total. The predicted molar refractivity (Wildman–Crippen MR) is 189 cm³/mol. The minimum atomic E-state index is -0.216. The Hall–Kier alpha value is -2.24. The molecule has 4 unspecified atom stereocenters. The molecule has 1 saturated heterocycles. The number of thioether (sulfide) groups is 1. The molecule has 2 aromatic carbocycles. The lowest BCUT2D eigenvalue weighted by atomic mass is 9.67. The lowest BCUT2D eigenvalue weighted by Crippen LogP contribution is -2.31. The lowest BCUT2D eigenvalue weighted by molar-refractivity contribution is -0.120. The van der Waals surface area contributed by atoms with E-state index in [2.05, 4.69) is 106 Å². The van der Waals surface area contributed by atoms with Crippen LogP contribution in [0.3, 0.4) is 0 Å². The number of unbranched alkanes of at least 4 members (excludes halogenated alkanes) is 2. The van der Waals surface area contributed by atoms with Gasteiger partial charge >= 0.3 is 0 Å². The van der Waals surface area contributed by atoms with Gasteiger partial charge in [-0.05, 0) is 96.2 Å². The van der Waals surface area contributed by atoms with Gasteiger partial charge in [0.1, 0.15) is 5.78 Å². The summed E-state index contributed by atoms with van der Waals surface area (Å²) >= 11 is 6.33.